The molecule has 0 heterocycles. The van der Waals surface area contributed by atoms with Crippen molar-refractivity contribution in [2.75, 3.05) is 0 Å². The summed E-state index contributed by atoms with van der Waals surface area (Å²) in [6.07, 6.45) is 6.32. The van der Waals surface area contributed by atoms with Crippen molar-refractivity contribution < 1.29 is 4.79 Å². The summed E-state index contributed by atoms with van der Waals surface area (Å²) < 4.78 is 0. The Morgan fingerprint density at radius 1 is 1.45 bits per heavy atom. The second-order valence-corrected chi connectivity index (χ2v) is 3.75. The van der Waals surface area contributed by atoms with Gasteiger partial charge in [-0.2, -0.15) is 0 Å². The van der Waals surface area contributed by atoms with Crippen LogP contribution in [-0.2, 0) is 4.79 Å². The van der Waals surface area contributed by atoms with Gasteiger partial charge in [-0.3, -0.25) is 0 Å². The number of aldehydes is 1. The normalized spacial score (nSPS) is 11.8. The third-order valence-corrected chi connectivity index (χ3v) is 2.64. The first kappa shape index (κ1) is 14.9. The van der Waals surface area contributed by atoms with Gasteiger partial charge in [0.05, 0.1) is 0 Å². The van der Waals surface area contributed by atoms with E-state index in [0.717, 1.165) is 19.1 Å². The van der Waals surface area contributed by atoms with E-state index in [4.69, 9.17) is 0 Å². The van der Waals surface area contributed by atoms with Gasteiger partial charge in [-0.1, -0.05) is 29.3 Å². The molecule has 0 bridgehead atoms. The van der Waals surface area contributed by atoms with Gasteiger partial charge in [-0.25, -0.2) is 0 Å². The van der Waals surface area contributed by atoms with Gasteiger partial charge in [0.25, 0.3) is 0 Å². The van der Waals surface area contributed by atoms with Crippen molar-refractivity contribution in [3.8, 4) is 0 Å². The van der Waals surface area contributed by atoms with Crippen LogP contribution in [0.2, 0.25) is 0 Å². The second-order valence-electron chi connectivity index (χ2n) is 2.46. The number of unbranched alkanes of at least 4 members (excludes halogenated alkanes) is 2. The molecule has 11 heavy (non-hydrogen) atoms. The minimum absolute atomic E-state index is 0. The van der Waals surface area contributed by atoms with Crippen molar-refractivity contribution in [2.45, 2.75) is 43.9 Å². The van der Waals surface area contributed by atoms with Crippen molar-refractivity contribution in [1.82, 2.24) is 0 Å². The van der Waals surface area contributed by atoms with Crippen LogP contribution in [0.3, 0.4) is 0 Å². The van der Waals surface area contributed by atoms with Crippen molar-refractivity contribution >= 4 is 60.0 Å². The standard InChI is InChI=1S/C8H15BrO.Ca.2H/c1-2-8(9)6-4-3-5-7-10;;;/h7-8H,2-6H2,1H3;;;. The van der Waals surface area contributed by atoms with Gasteiger partial charge in [-0.15, -0.1) is 0 Å². The van der Waals surface area contributed by atoms with Gasteiger partial charge >= 0.3 is 37.7 Å². The molecule has 1 nitrogen and oxygen atoms in total. The summed E-state index contributed by atoms with van der Waals surface area (Å²) in [5.74, 6) is 0. The molecule has 0 amide bonds. The van der Waals surface area contributed by atoms with Crippen molar-refractivity contribution in [3.63, 3.8) is 0 Å². The van der Waals surface area contributed by atoms with Crippen LogP contribution in [0.25, 0.3) is 0 Å². The van der Waals surface area contributed by atoms with Crippen molar-refractivity contribution in [3.05, 3.63) is 0 Å². The monoisotopic (exact) mass is 248 g/mol. The fraction of sp³-hybridized carbons (Fsp3) is 0.875. The molecule has 0 radical (unpaired) electrons. The molecule has 0 aliphatic carbocycles. The predicted octanol–water partition coefficient (Wildman–Crippen LogP) is 2.00. The van der Waals surface area contributed by atoms with E-state index in [1.165, 1.54) is 19.3 Å². The van der Waals surface area contributed by atoms with E-state index >= 15 is 0 Å². The SMILES string of the molecule is CCC(Br)CCCCC=O.[CaH2]. The van der Waals surface area contributed by atoms with Gasteiger partial charge in [0.15, 0.2) is 0 Å². The fourth-order valence-electron chi connectivity index (χ4n) is 0.798. The summed E-state index contributed by atoms with van der Waals surface area (Å²) in [6.45, 7) is 2.17. The number of hydrogen-bond acceptors (Lipinski definition) is 1. The van der Waals surface area contributed by atoms with Crippen LogP contribution in [0.15, 0.2) is 0 Å². The van der Waals surface area contributed by atoms with Crippen molar-refractivity contribution in [1.29, 1.82) is 0 Å². The Morgan fingerprint density at radius 2 is 2.09 bits per heavy atom. The molecule has 0 aliphatic rings. The molecule has 0 aromatic rings. The Hall–Kier alpha value is 1.41. The molecule has 3 heteroatoms. The predicted molar refractivity (Wildman–Crippen MR) is 56.1 cm³/mol. The molecule has 0 N–H and O–H groups in total. The first-order chi connectivity index (χ1) is 4.81. The topological polar surface area (TPSA) is 17.1 Å². The third-order valence-electron chi connectivity index (χ3n) is 1.53. The Bertz CT molecular complexity index is 88.2. The molecule has 0 aromatic heterocycles. The van der Waals surface area contributed by atoms with Crippen LogP contribution in [0.5, 0.6) is 0 Å². The maximum absolute atomic E-state index is 9.91. The molecule has 0 aliphatic heterocycles. The van der Waals surface area contributed by atoms with Crippen molar-refractivity contribution in [2.24, 2.45) is 0 Å². The first-order valence-corrected chi connectivity index (χ1v) is 4.80. The molecule has 0 saturated heterocycles. The van der Waals surface area contributed by atoms with Crippen LogP contribution in [0.4, 0.5) is 0 Å². The second kappa shape index (κ2) is 11.4. The number of rotatable bonds is 6. The molecule has 0 spiro atoms. The van der Waals surface area contributed by atoms with E-state index in [2.05, 4.69) is 22.9 Å². The van der Waals surface area contributed by atoms with E-state index in [1.807, 2.05) is 0 Å². The van der Waals surface area contributed by atoms with E-state index < -0.39 is 0 Å². The molecule has 0 saturated carbocycles. The molecular formula is C8H17BrCaO. The van der Waals surface area contributed by atoms with Gasteiger partial charge in [0.2, 0.25) is 0 Å². The Kier molecular flexibility index (Phi) is 15.5. The van der Waals surface area contributed by atoms with Gasteiger partial charge in [0.1, 0.15) is 6.29 Å². The average Bonchev–Trinajstić information content (AvgIpc) is 1.98. The molecular weight excluding hydrogens is 232 g/mol. The average molecular weight is 249 g/mol. The molecule has 1 atom stereocenters. The van der Waals surface area contributed by atoms with Crippen LogP contribution in [0.1, 0.15) is 39.0 Å². The van der Waals surface area contributed by atoms with Crippen LogP contribution in [-0.4, -0.2) is 48.9 Å². The van der Waals surface area contributed by atoms with Gasteiger partial charge in [-0.05, 0) is 19.3 Å². The molecule has 1 unspecified atom stereocenters. The van der Waals surface area contributed by atoms with Crippen LogP contribution >= 0.6 is 15.9 Å². The zero-order chi connectivity index (χ0) is 7.82. The summed E-state index contributed by atoms with van der Waals surface area (Å²) in [6, 6.07) is 0. The summed E-state index contributed by atoms with van der Waals surface area (Å²) in [7, 11) is 0. The number of hydrogen-bond donors (Lipinski definition) is 0. The third kappa shape index (κ3) is 11.4. The molecule has 0 aromatic carbocycles. The minimum atomic E-state index is 0. The van der Waals surface area contributed by atoms with Gasteiger partial charge < -0.3 is 4.79 Å². The summed E-state index contributed by atoms with van der Waals surface area (Å²) in [5, 5.41) is 0. The zero-order valence-electron chi connectivity index (χ0n) is 6.48. The van der Waals surface area contributed by atoms with E-state index in [1.54, 1.807) is 0 Å². The molecule has 64 valence electrons. The Labute approximate surface area is 107 Å². The summed E-state index contributed by atoms with van der Waals surface area (Å²) in [4.78, 5) is 10.6. The van der Waals surface area contributed by atoms with E-state index in [9.17, 15) is 4.79 Å². The van der Waals surface area contributed by atoms with E-state index in [0.29, 0.717) is 4.83 Å². The Balaban J connectivity index is 0. The number of alkyl halides is 1. The molecule has 0 rings (SSSR count). The van der Waals surface area contributed by atoms with E-state index in [-0.39, 0.29) is 37.7 Å². The zero-order valence-corrected chi connectivity index (χ0v) is 8.06. The number of carbonyl (C=O) groups excluding carboxylic acids is 1. The number of halogens is 1. The maximum atomic E-state index is 9.91. The van der Waals surface area contributed by atoms with Crippen LogP contribution in [0, 0.1) is 0 Å². The first-order valence-electron chi connectivity index (χ1n) is 3.89. The Morgan fingerprint density at radius 3 is 2.55 bits per heavy atom. The summed E-state index contributed by atoms with van der Waals surface area (Å²) in [5.41, 5.74) is 0. The quantitative estimate of drug-likeness (QED) is 0.304. The fourth-order valence-corrected chi connectivity index (χ4v) is 1.12. The van der Waals surface area contributed by atoms with Crippen LogP contribution < -0.4 is 0 Å². The molecule has 0 fully saturated rings. The summed E-state index contributed by atoms with van der Waals surface area (Å²) >= 11 is 3.54. The number of carbonyl (C=O) groups is 1. The van der Waals surface area contributed by atoms with Gasteiger partial charge in [0, 0.05) is 11.2 Å².